The van der Waals surface area contributed by atoms with Crippen molar-refractivity contribution in [2.75, 3.05) is 13.1 Å². The zero-order valence-corrected chi connectivity index (χ0v) is 12.3. The Morgan fingerprint density at radius 3 is 2.50 bits per heavy atom. The average molecular weight is 295 g/mol. The van der Waals surface area contributed by atoms with Crippen LogP contribution in [0.15, 0.2) is 60.2 Å². The molecule has 0 radical (unpaired) electrons. The lowest BCUT2D eigenvalue weighted by molar-refractivity contribution is -0.117. The second-order valence-corrected chi connectivity index (χ2v) is 5.59. The molecule has 0 amide bonds. The van der Waals surface area contributed by atoms with Crippen molar-refractivity contribution in [2.24, 2.45) is 0 Å². The largest absolute Gasteiger partial charge is 0.294 e. The molecule has 0 saturated carbocycles. The Labute approximate surface area is 129 Å². The van der Waals surface area contributed by atoms with Crippen molar-refractivity contribution in [3.63, 3.8) is 0 Å². The predicted octanol–water partition coefficient (Wildman–Crippen LogP) is 3.68. The monoisotopic (exact) mass is 295 g/mol. The minimum atomic E-state index is -0.261. The minimum absolute atomic E-state index is 0.189. The molecule has 3 heteroatoms. The van der Waals surface area contributed by atoms with E-state index in [-0.39, 0.29) is 11.6 Å². The van der Waals surface area contributed by atoms with Gasteiger partial charge in [-0.15, -0.1) is 0 Å². The highest BCUT2D eigenvalue weighted by molar-refractivity contribution is 6.00. The number of piperidine rings is 1. The number of halogens is 1. The van der Waals surface area contributed by atoms with Crippen molar-refractivity contribution in [3.8, 4) is 0 Å². The van der Waals surface area contributed by atoms with Crippen LogP contribution in [-0.4, -0.2) is 23.8 Å². The Kier molecular flexibility index (Phi) is 4.45. The summed E-state index contributed by atoms with van der Waals surface area (Å²) in [5.74, 6) is -0.0727. The van der Waals surface area contributed by atoms with Crippen LogP contribution in [0.4, 0.5) is 4.39 Å². The summed E-state index contributed by atoms with van der Waals surface area (Å²) in [5.41, 5.74) is 2.91. The summed E-state index contributed by atoms with van der Waals surface area (Å²) in [6.07, 6.45) is 2.42. The molecule has 3 rings (SSSR count). The van der Waals surface area contributed by atoms with Crippen LogP contribution in [-0.2, 0) is 11.3 Å². The van der Waals surface area contributed by atoms with Crippen LogP contribution in [0.25, 0.3) is 6.08 Å². The number of ketones is 1. The molecule has 0 aromatic heterocycles. The van der Waals surface area contributed by atoms with E-state index in [4.69, 9.17) is 0 Å². The van der Waals surface area contributed by atoms with Gasteiger partial charge in [0.1, 0.15) is 5.82 Å². The normalized spacial score (nSPS) is 17.9. The number of Topliss-reactive ketones (excluding diaryl/α,β-unsaturated/α-hetero) is 1. The van der Waals surface area contributed by atoms with E-state index in [1.807, 2.05) is 24.3 Å². The second-order valence-electron chi connectivity index (χ2n) is 5.59. The van der Waals surface area contributed by atoms with Gasteiger partial charge >= 0.3 is 0 Å². The molecule has 0 N–H and O–H groups in total. The molecular formula is C19H18FNO. The van der Waals surface area contributed by atoms with Gasteiger partial charge < -0.3 is 0 Å². The van der Waals surface area contributed by atoms with Gasteiger partial charge in [0, 0.05) is 31.6 Å². The fourth-order valence-electron chi connectivity index (χ4n) is 2.69. The molecule has 0 spiro atoms. The van der Waals surface area contributed by atoms with Gasteiger partial charge in [-0.2, -0.15) is 0 Å². The van der Waals surface area contributed by atoms with Gasteiger partial charge in [0.2, 0.25) is 0 Å². The van der Waals surface area contributed by atoms with Gasteiger partial charge in [0.05, 0.1) is 0 Å². The Balaban J connectivity index is 1.73. The Morgan fingerprint density at radius 1 is 1.05 bits per heavy atom. The van der Waals surface area contributed by atoms with E-state index >= 15 is 0 Å². The lowest BCUT2D eigenvalue weighted by Gasteiger charge is -2.27. The quantitative estimate of drug-likeness (QED) is 0.805. The van der Waals surface area contributed by atoms with E-state index < -0.39 is 0 Å². The highest BCUT2D eigenvalue weighted by Gasteiger charge is 2.21. The van der Waals surface area contributed by atoms with E-state index in [1.54, 1.807) is 12.1 Å². The average Bonchev–Trinajstić information content (AvgIpc) is 2.54. The standard InChI is InChI=1S/C19H18FNO/c20-18-8-6-15(7-9-18)12-17-14-21(11-10-19(17)22)13-16-4-2-1-3-5-16/h1-9,12H,10-11,13-14H2/b17-12+. The lowest BCUT2D eigenvalue weighted by Crippen LogP contribution is -2.35. The molecule has 1 aliphatic heterocycles. The number of carbonyl (C=O) groups is 1. The predicted molar refractivity (Wildman–Crippen MR) is 85.7 cm³/mol. The number of nitrogens with zero attached hydrogens (tertiary/aromatic N) is 1. The molecule has 1 saturated heterocycles. The van der Waals surface area contributed by atoms with Crippen LogP contribution in [0.3, 0.4) is 0 Å². The molecule has 2 aromatic rings. The molecule has 1 heterocycles. The smallest absolute Gasteiger partial charge is 0.161 e. The first-order valence-corrected chi connectivity index (χ1v) is 7.46. The highest BCUT2D eigenvalue weighted by atomic mass is 19.1. The van der Waals surface area contributed by atoms with Crippen LogP contribution < -0.4 is 0 Å². The number of hydrogen-bond acceptors (Lipinski definition) is 2. The summed E-state index contributed by atoms with van der Waals surface area (Å²) in [5, 5.41) is 0. The third-order valence-corrected chi connectivity index (χ3v) is 3.87. The van der Waals surface area contributed by atoms with Crippen molar-refractivity contribution in [1.82, 2.24) is 4.90 Å². The summed E-state index contributed by atoms with van der Waals surface area (Å²) >= 11 is 0. The molecule has 1 aliphatic rings. The number of carbonyl (C=O) groups excluding carboxylic acids is 1. The van der Waals surface area contributed by atoms with Crippen LogP contribution in [0.1, 0.15) is 17.5 Å². The van der Waals surface area contributed by atoms with Gasteiger partial charge in [-0.1, -0.05) is 42.5 Å². The van der Waals surface area contributed by atoms with Gasteiger partial charge in [0.15, 0.2) is 5.78 Å². The fourth-order valence-corrected chi connectivity index (χ4v) is 2.69. The van der Waals surface area contributed by atoms with Crippen molar-refractivity contribution >= 4 is 11.9 Å². The van der Waals surface area contributed by atoms with E-state index in [1.165, 1.54) is 17.7 Å². The summed E-state index contributed by atoms with van der Waals surface area (Å²) in [7, 11) is 0. The van der Waals surface area contributed by atoms with E-state index in [0.717, 1.165) is 24.2 Å². The van der Waals surface area contributed by atoms with Crippen molar-refractivity contribution in [1.29, 1.82) is 0 Å². The molecule has 22 heavy (non-hydrogen) atoms. The Hall–Kier alpha value is -2.26. The maximum absolute atomic E-state index is 13.0. The van der Waals surface area contributed by atoms with Crippen molar-refractivity contribution in [3.05, 3.63) is 77.1 Å². The first kappa shape index (κ1) is 14.7. The van der Waals surface area contributed by atoms with Crippen LogP contribution in [0, 0.1) is 5.82 Å². The second kappa shape index (κ2) is 6.67. The lowest BCUT2D eigenvalue weighted by atomic mass is 10.00. The van der Waals surface area contributed by atoms with Crippen molar-refractivity contribution < 1.29 is 9.18 Å². The SMILES string of the molecule is O=C1CCN(Cc2ccccc2)C/C1=C\c1ccc(F)cc1. The number of likely N-dealkylation sites (tertiary alicyclic amines) is 1. The number of rotatable bonds is 3. The molecule has 2 aromatic carbocycles. The van der Waals surface area contributed by atoms with Crippen molar-refractivity contribution in [2.45, 2.75) is 13.0 Å². The third-order valence-electron chi connectivity index (χ3n) is 3.87. The first-order chi connectivity index (χ1) is 10.7. The third kappa shape index (κ3) is 3.68. The maximum Gasteiger partial charge on any atom is 0.161 e. The zero-order valence-electron chi connectivity index (χ0n) is 12.3. The summed E-state index contributed by atoms with van der Waals surface area (Å²) in [6.45, 7) is 2.27. The molecule has 0 bridgehead atoms. The molecule has 0 unspecified atom stereocenters. The zero-order chi connectivity index (χ0) is 15.4. The Morgan fingerprint density at radius 2 is 1.77 bits per heavy atom. The summed E-state index contributed by atoms with van der Waals surface area (Å²) < 4.78 is 13.0. The van der Waals surface area contributed by atoms with Crippen LogP contribution in [0.5, 0.6) is 0 Å². The van der Waals surface area contributed by atoms with Crippen LogP contribution >= 0.6 is 0 Å². The van der Waals surface area contributed by atoms with Gasteiger partial charge in [0.25, 0.3) is 0 Å². The maximum atomic E-state index is 13.0. The Bertz CT molecular complexity index is 676. The summed E-state index contributed by atoms with van der Waals surface area (Å²) in [6, 6.07) is 16.5. The summed E-state index contributed by atoms with van der Waals surface area (Å²) in [4.78, 5) is 14.4. The van der Waals surface area contributed by atoms with E-state index in [2.05, 4.69) is 17.0 Å². The molecule has 112 valence electrons. The fraction of sp³-hybridized carbons (Fsp3) is 0.211. The molecule has 0 aliphatic carbocycles. The van der Waals surface area contributed by atoms with E-state index in [0.29, 0.717) is 13.0 Å². The van der Waals surface area contributed by atoms with Gasteiger partial charge in [-0.3, -0.25) is 9.69 Å². The molecular weight excluding hydrogens is 277 g/mol. The topological polar surface area (TPSA) is 20.3 Å². The van der Waals surface area contributed by atoms with Gasteiger partial charge in [-0.25, -0.2) is 4.39 Å². The van der Waals surface area contributed by atoms with Crippen LogP contribution in [0.2, 0.25) is 0 Å². The van der Waals surface area contributed by atoms with E-state index in [9.17, 15) is 9.18 Å². The number of benzene rings is 2. The first-order valence-electron chi connectivity index (χ1n) is 7.46. The minimum Gasteiger partial charge on any atom is -0.294 e. The molecule has 1 fully saturated rings. The number of hydrogen-bond donors (Lipinski definition) is 0. The highest BCUT2D eigenvalue weighted by Crippen LogP contribution is 2.18. The van der Waals surface area contributed by atoms with Gasteiger partial charge in [-0.05, 0) is 29.3 Å². The molecule has 2 nitrogen and oxygen atoms in total. The molecule has 0 atom stereocenters.